The number of halogens is 1. The number of benzene rings is 1. The molecule has 3 N–H and O–H groups in total. The molecule has 0 amide bonds. The summed E-state index contributed by atoms with van der Waals surface area (Å²) in [5.74, 6) is -0.0322. The highest BCUT2D eigenvalue weighted by Gasteiger charge is 2.11. The lowest BCUT2D eigenvalue weighted by Gasteiger charge is -1.98. The van der Waals surface area contributed by atoms with Crippen LogP contribution in [0.4, 0.5) is 0 Å². The first-order valence-corrected chi connectivity index (χ1v) is 4.77. The van der Waals surface area contributed by atoms with E-state index >= 15 is 0 Å². The van der Waals surface area contributed by atoms with E-state index in [-0.39, 0.29) is 12.3 Å². The van der Waals surface area contributed by atoms with E-state index < -0.39 is 0 Å². The third-order valence-corrected chi connectivity index (χ3v) is 2.33. The Hall–Kier alpha value is -1.79. The average Bonchev–Trinajstić information content (AvgIpc) is 2.68. The van der Waals surface area contributed by atoms with Gasteiger partial charge in [0.15, 0.2) is 11.4 Å². The Morgan fingerprint density at radius 3 is 3.06 bits per heavy atom. The molecule has 0 spiro atoms. The van der Waals surface area contributed by atoms with Gasteiger partial charge in [0.2, 0.25) is 0 Å². The third-order valence-electron chi connectivity index (χ3n) is 2.09. The minimum atomic E-state index is -0.0322. The standard InChI is InChI=1S/C9H8ClN3O3/c10-5-1-2-8-6(3-5)7(13-16-8)4-9(11-14)12-15/h1-3,14-15H,4H2,(H,11,12). The number of hydrogen-bond donors (Lipinski definition) is 3. The minimum absolute atomic E-state index is 0.0322. The van der Waals surface area contributed by atoms with Crippen LogP contribution in [0, 0.1) is 0 Å². The molecule has 0 bridgehead atoms. The highest BCUT2D eigenvalue weighted by Crippen LogP contribution is 2.22. The molecule has 0 radical (unpaired) electrons. The molecular formula is C9H8ClN3O3. The molecule has 1 aromatic carbocycles. The van der Waals surface area contributed by atoms with Crippen LogP contribution in [-0.2, 0) is 6.42 Å². The highest BCUT2D eigenvalue weighted by atomic mass is 35.5. The predicted molar refractivity (Wildman–Crippen MR) is 56.9 cm³/mol. The predicted octanol–water partition coefficient (Wildman–Crippen LogP) is 1.79. The van der Waals surface area contributed by atoms with Crippen molar-refractivity contribution in [2.24, 2.45) is 5.16 Å². The van der Waals surface area contributed by atoms with Crippen molar-refractivity contribution >= 4 is 28.4 Å². The van der Waals surface area contributed by atoms with Crippen molar-refractivity contribution in [1.82, 2.24) is 10.6 Å². The Balaban J connectivity index is 2.41. The van der Waals surface area contributed by atoms with Crippen LogP contribution in [0.15, 0.2) is 27.9 Å². The first-order chi connectivity index (χ1) is 7.74. The number of hydrogen-bond acceptors (Lipinski definition) is 5. The van der Waals surface area contributed by atoms with Crippen LogP contribution in [-0.4, -0.2) is 21.4 Å². The number of aromatic nitrogens is 1. The van der Waals surface area contributed by atoms with Crippen LogP contribution >= 0.6 is 11.6 Å². The zero-order chi connectivity index (χ0) is 11.5. The van der Waals surface area contributed by atoms with E-state index in [2.05, 4.69) is 10.3 Å². The summed E-state index contributed by atoms with van der Waals surface area (Å²) in [5, 5.41) is 25.1. The fourth-order valence-electron chi connectivity index (χ4n) is 1.34. The molecule has 0 fully saturated rings. The molecule has 0 aliphatic rings. The van der Waals surface area contributed by atoms with Gasteiger partial charge < -0.3 is 9.73 Å². The van der Waals surface area contributed by atoms with E-state index in [4.69, 9.17) is 26.5 Å². The second-order valence-electron chi connectivity index (χ2n) is 3.11. The summed E-state index contributed by atoms with van der Waals surface area (Å²) >= 11 is 5.84. The summed E-state index contributed by atoms with van der Waals surface area (Å²) < 4.78 is 5.04. The highest BCUT2D eigenvalue weighted by molar-refractivity contribution is 6.31. The monoisotopic (exact) mass is 241 g/mol. The number of amidine groups is 1. The van der Waals surface area contributed by atoms with Gasteiger partial charge in [0.25, 0.3) is 0 Å². The van der Waals surface area contributed by atoms with Gasteiger partial charge >= 0.3 is 0 Å². The molecule has 84 valence electrons. The van der Waals surface area contributed by atoms with Gasteiger partial charge in [-0.05, 0) is 18.2 Å². The van der Waals surface area contributed by atoms with E-state index in [1.165, 1.54) is 0 Å². The molecule has 0 aliphatic carbocycles. The summed E-state index contributed by atoms with van der Waals surface area (Å²) in [6.07, 6.45) is 0.111. The number of nitrogens with zero attached hydrogens (tertiary/aromatic N) is 2. The Kier molecular flexibility index (Phi) is 2.93. The van der Waals surface area contributed by atoms with Gasteiger partial charge in [-0.2, -0.15) is 0 Å². The average molecular weight is 242 g/mol. The van der Waals surface area contributed by atoms with Crippen molar-refractivity contribution in [1.29, 1.82) is 0 Å². The number of nitrogens with one attached hydrogen (secondary N) is 1. The molecule has 0 saturated carbocycles. The Morgan fingerprint density at radius 1 is 1.56 bits per heavy atom. The zero-order valence-electron chi connectivity index (χ0n) is 8.01. The van der Waals surface area contributed by atoms with Crippen LogP contribution in [0.3, 0.4) is 0 Å². The maximum Gasteiger partial charge on any atom is 0.171 e. The zero-order valence-corrected chi connectivity index (χ0v) is 8.77. The number of oxime groups is 1. The van der Waals surface area contributed by atoms with Gasteiger partial charge in [-0.3, -0.25) is 10.7 Å². The molecule has 2 aromatic rings. The molecule has 7 heteroatoms. The number of rotatable bonds is 2. The maximum atomic E-state index is 8.63. The summed E-state index contributed by atoms with van der Waals surface area (Å²) in [6, 6.07) is 5.07. The van der Waals surface area contributed by atoms with Gasteiger partial charge in [0.05, 0.1) is 12.1 Å². The largest absolute Gasteiger partial charge is 0.409 e. The van der Waals surface area contributed by atoms with E-state index in [0.29, 0.717) is 21.7 Å². The second kappa shape index (κ2) is 4.38. The van der Waals surface area contributed by atoms with Gasteiger partial charge in [0.1, 0.15) is 0 Å². The van der Waals surface area contributed by atoms with Crippen molar-refractivity contribution in [2.75, 3.05) is 0 Å². The van der Waals surface area contributed by atoms with Crippen LogP contribution in [0.1, 0.15) is 5.69 Å². The van der Waals surface area contributed by atoms with Crippen molar-refractivity contribution in [3.8, 4) is 0 Å². The Bertz CT molecular complexity index is 538. The van der Waals surface area contributed by atoms with Gasteiger partial charge in [-0.25, -0.2) is 0 Å². The lowest BCUT2D eigenvalue weighted by molar-refractivity contribution is 0.220. The van der Waals surface area contributed by atoms with E-state index in [1.807, 2.05) is 0 Å². The smallest absolute Gasteiger partial charge is 0.171 e. The van der Waals surface area contributed by atoms with Crippen molar-refractivity contribution in [2.45, 2.75) is 6.42 Å². The van der Waals surface area contributed by atoms with Crippen molar-refractivity contribution in [3.05, 3.63) is 28.9 Å². The molecule has 0 saturated heterocycles. The molecule has 6 nitrogen and oxygen atoms in total. The lowest BCUT2D eigenvalue weighted by Crippen LogP contribution is -2.21. The van der Waals surface area contributed by atoms with Crippen molar-refractivity contribution < 1.29 is 14.9 Å². The van der Waals surface area contributed by atoms with Gasteiger partial charge in [-0.1, -0.05) is 21.9 Å². The quantitative estimate of drug-likeness (QED) is 0.323. The molecule has 0 aliphatic heterocycles. The summed E-state index contributed by atoms with van der Waals surface area (Å²) in [6.45, 7) is 0. The van der Waals surface area contributed by atoms with Crippen LogP contribution in [0.25, 0.3) is 11.0 Å². The molecule has 1 heterocycles. The third kappa shape index (κ3) is 1.93. The first-order valence-electron chi connectivity index (χ1n) is 4.39. The van der Waals surface area contributed by atoms with Crippen LogP contribution in [0.5, 0.6) is 0 Å². The van der Waals surface area contributed by atoms with E-state index in [1.54, 1.807) is 23.7 Å². The first kappa shape index (κ1) is 10.7. The minimum Gasteiger partial charge on any atom is -0.409 e. The summed E-state index contributed by atoms with van der Waals surface area (Å²) in [7, 11) is 0. The number of fused-ring (bicyclic) bond motifs is 1. The normalized spacial score (nSPS) is 12.0. The molecule has 0 atom stereocenters. The molecule has 1 aromatic heterocycles. The van der Waals surface area contributed by atoms with Crippen LogP contribution < -0.4 is 5.48 Å². The lowest BCUT2D eigenvalue weighted by atomic mass is 10.1. The Labute approximate surface area is 95.1 Å². The fourth-order valence-corrected chi connectivity index (χ4v) is 1.52. The molecule has 0 unspecified atom stereocenters. The van der Waals surface area contributed by atoms with Gasteiger partial charge in [-0.15, -0.1) is 0 Å². The molecular weight excluding hydrogens is 234 g/mol. The summed E-state index contributed by atoms with van der Waals surface area (Å²) in [4.78, 5) is 0. The SMILES string of the molecule is O/N=C(/Cc1noc2ccc(Cl)cc12)NO. The van der Waals surface area contributed by atoms with E-state index in [9.17, 15) is 0 Å². The number of hydroxylamine groups is 1. The van der Waals surface area contributed by atoms with E-state index in [0.717, 1.165) is 0 Å². The Morgan fingerprint density at radius 2 is 2.38 bits per heavy atom. The van der Waals surface area contributed by atoms with Gasteiger partial charge in [0, 0.05) is 10.4 Å². The second-order valence-corrected chi connectivity index (χ2v) is 3.54. The topological polar surface area (TPSA) is 90.9 Å². The maximum absolute atomic E-state index is 8.63. The van der Waals surface area contributed by atoms with Crippen molar-refractivity contribution in [3.63, 3.8) is 0 Å². The van der Waals surface area contributed by atoms with Crippen LogP contribution in [0.2, 0.25) is 5.02 Å². The fraction of sp³-hybridized carbons (Fsp3) is 0.111. The summed E-state index contributed by atoms with van der Waals surface area (Å²) in [5.41, 5.74) is 2.85. The molecule has 16 heavy (non-hydrogen) atoms. The molecule has 2 rings (SSSR count).